The van der Waals surface area contributed by atoms with Gasteiger partial charge in [-0.05, 0) is 94.0 Å². The largest absolute Gasteiger partial charge is 0.468 e. The molecular formula is C33H43N3O8. The van der Waals surface area contributed by atoms with Crippen molar-refractivity contribution in [1.82, 2.24) is 15.1 Å². The molecule has 2 bridgehead atoms. The van der Waals surface area contributed by atoms with E-state index in [4.69, 9.17) is 18.9 Å². The maximum Gasteiger partial charge on any atom is 0.410 e. The lowest BCUT2D eigenvalue weighted by Gasteiger charge is -2.45. The van der Waals surface area contributed by atoms with Crippen molar-refractivity contribution in [2.45, 2.75) is 82.8 Å². The fourth-order valence-corrected chi connectivity index (χ4v) is 6.18. The van der Waals surface area contributed by atoms with Crippen molar-refractivity contribution in [2.75, 3.05) is 33.7 Å². The van der Waals surface area contributed by atoms with Crippen LogP contribution in [0.3, 0.4) is 0 Å². The van der Waals surface area contributed by atoms with Crippen LogP contribution in [0, 0.1) is 0 Å². The molecule has 238 valence electrons. The zero-order chi connectivity index (χ0) is 31.4. The van der Waals surface area contributed by atoms with E-state index in [2.05, 4.69) is 5.32 Å². The van der Waals surface area contributed by atoms with Crippen molar-refractivity contribution >= 4 is 17.9 Å². The Morgan fingerprint density at radius 3 is 2.36 bits per heavy atom. The average Bonchev–Trinajstić information content (AvgIpc) is 3.00. The van der Waals surface area contributed by atoms with Gasteiger partial charge in [0.05, 0.1) is 37.4 Å². The van der Waals surface area contributed by atoms with E-state index >= 15 is 0 Å². The monoisotopic (exact) mass is 609 g/mol. The van der Waals surface area contributed by atoms with Crippen LogP contribution in [0.15, 0.2) is 42.5 Å². The van der Waals surface area contributed by atoms with Gasteiger partial charge in [0.2, 0.25) is 0 Å². The topological polar surface area (TPSA) is 127 Å². The van der Waals surface area contributed by atoms with Gasteiger partial charge in [0, 0.05) is 31.3 Å². The summed E-state index contributed by atoms with van der Waals surface area (Å²) in [6.45, 7) is 6.72. The molecule has 11 heteroatoms. The molecular weight excluding hydrogens is 566 g/mol. The first-order chi connectivity index (χ1) is 21.0. The smallest absolute Gasteiger partial charge is 0.410 e. The number of methoxy groups -OCH3 is 1. The summed E-state index contributed by atoms with van der Waals surface area (Å²) in [6.07, 6.45) is 1.73. The molecule has 44 heavy (non-hydrogen) atoms. The number of rotatable bonds is 8. The minimum Gasteiger partial charge on any atom is -0.468 e. The molecule has 3 aliphatic heterocycles. The van der Waals surface area contributed by atoms with Crippen LogP contribution in [-0.4, -0.2) is 96.3 Å². The van der Waals surface area contributed by atoms with E-state index in [1.54, 1.807) is 52.1 Å². The van der Waals surface area contributed by atoms with Gasteiger partial charge in [-0.15, -0.1) is 0 Å². The predicted octanol–water partition coefficient (Wildman–Crippen LogP) is 3.52. The molecule has 2 fully saturated rings. The molecule has 0 aliphatic carbocycles. The van der Waals surface area contributed by atoms with Crippen LogP contribution >= 0.6 is 0 Å². The molecule has 0 unspecified atom stereocenters. The van der Waals surface area contributed by atoms with Crippen LogP contribution in [0.5, 0.6) is 5.75 Å². The molecule has 3 amide bonds. The summed E-state index contributed by atoms with van der Waals surface area (Å²) in [5, 5.41) is 14.0. The fraction of sp³-hybridized carbons (Fsp3) is 0.545. The Morgan fingerprint density at radius 2 is 1.70 bits per heavy atom. The van der Waals surface area contributed by atoms with E-state index in [0.29, 0.717) is 36.5 Å². The highest BCUT2D eigenvalue weighted by Crippen LogP contribution is 2.31. The molecule has 3 heterocycles. The number of nitrogens with one attached hydrogen (secondary N) is 1. The average molecular weight is 610 g/mol. The molecule has 2 aromatic carbocycles. The summed E-state index contributed by atoms with van der Waals surface area (Å²) < 4.78 is 21.9. The third kappa shape index (κ3) is 7.34. The van der Waals surface area contributed by atoms with Gasteiger partial charge in [0.1, 0.15) is 11.4 Å². The van der Waals surface area contributed by atoms with Gasteiger partial charge in [0.15, 0.2) is 6.79 Å². The molecule has 2 aromatic rings. The highest BCUT2D eigenvalue weighted by molar-refractivity contribution is 5.98. The predicted molar refractivity (Wildman–Crippen MR) is 161 cm³/mol. The number of aliphatic hydroxyl groups excluding tert-OH is 1. The zero-order valence-electron chi connectivity index (χ0n) is 25.9. The number of piperidine rings is 1. The van der Waals surface area contributed by atoms with E-state index in [1.807, 2.05) is 23.1 Å². The van der Waals surface area contributed by atoms with E-state index in [9.17, 15) is 19.5 Å². The summed E-state index contributed by atoms with van der Waals surface area (Å²) >= 11 is 0. The summed E-state index contributed by atoms with van der Waals surface area (Å²) in [5.41, 5.74) is 2.03. The second-order valence-electron chi connectivity index (χ2n) is 12.7. The Kier molecular flexibility index (Phi) is 9.77. The highest BCUT2D eigenvalue weighted by atomic mass is 16.7. The third-order valence-corrected chi connectivity index (χ3v) is 8.35. The summed E-state index contributed by atoms with van der Waals surface area (Å²) in [7, 11) is 1.54. The van der Waals surface area contributed by atoms with Crippen molar-refractivity contribution in [1.29, 1.82) is 0 Å². The standard InChI is InChI=1S/C33H43N3O8/c1-33(2,3)44-32(40)35-17-24-14-27(43-20-41-4)13-12-23(24)15-28(35)29(37)16-34-30(38)21-8-10-22(11-9-21)31(39)36-25-6-5-7-26(36)19-42-18-25/h8-14,25-26,28-29,37H,5-7,15-20H2,1-4H3,(H,34,38)/t25-,26+,28-,29+/m0/s1. The van der Waals surface area contributed by atoms with Crippen LogP contribution in [0.2, 0.25) is 0 Å². The Balaban J connectivity index is 1.24. The Bertz CT molecular complexity index is 1320. The van der Waals surface area contributed by atoms with Gasteiger partial charge < -0.3 is 34.3 Å². The summed E-state index contributed by atoms with van der Waals surface area (Å²) in [6, 6.07) is 11.7. The molecule has 0 aromatic heterocycles. The second-order valence-corrected chi connectivity index (χ2v) is 12.7. The Labute approximate surface area is 258 Å². The van der Waals surface area contributed by atoms with Crippen LogP contribution in [0.25, 0.3) is 0 Å². The minimum atomic E-state index is -1.06. The van der Waals surface area contributed by atoms with Gasteiger partial charge in [-0.25, -0.2) is 4.79 Å². The lowest BCUT2D eigenvalue weighted by Crippen LogP contribution is -2.57. The number of nitrogens with zero attached hydrogens (tertiary/aromatic N) is 2. The quantitative estimate of drug-likeness (QED) is 0.436. The normalized spacial score (nSPS) is 22.1. The number of fused-ring (bicyclic) bond motifs is 3. The first-order valence-corrected chi connectivity index (χ1v) is 15.2. The van der Waals surface area contributed by atoms with E-state index in [0.717, 1.165) is 30.4 Å². The molecule has 0 saturated carbocycles. The van der Waals surface area contributed by atoms with Gasteiger partial charge in [0.25, 0.3) is 11.8 Å². The maximum absolute atomic E-state index is 13.3. The zero-order valence-corrected chi connectivity index (χ0v) is 25.9. The molecule has 4 atom stereocenters. The molecule has 5 rings (SSSR count). The molecule has 2 N–H and O–H groups in total. The Hall–Kier alpha value is -3.67. The molecule has 11 nitrogen and oxygen atoms in total. The number of ether oxygens (including phenoxy) is 4. The van der Waals surface area contributed by atoms with Gasteiger partial charge in [-0.3, -0.25) is 14.5 Å². The second kappa shape index (κ2) is 13.5. The number of carbonyl (C=O) groups is 3. The lowest BCUT2D eigenvalue weighted by molar-refractivity contribution is -0.0565. The van der Waals surface area contributed by atoms with Gasteiger partial charge in [-0.1, -0.05) is 6.07 Å². The number of hydrogen-bond donors (Lipinski definition) is 2. The highest BCUT2D eigenvalue weighted by Gasteiger charge is 2.39. The van der Waals surface area contributed by atoms with Crippen LogP contribution in [0.1, 0.15) is 71.9 Å². The number of carbonyl (C=O) groups excluding carboxylic acids is 3. The SMILES string of the molecule is COCOc1ccc2c(c1)CN(C(=O)OC(C)(C)C)[C@H]([C@H](O)CNC(=O)c1ccc(C(=O)N3[C@@H]4CCC[C@H]3COC4)cc1)C2. The van der Waals surface area contributed by atoms with Crippen molar-refractivity contribution in [2.24, 2.45) is 0 Å². The fourth-order valence-electron chi connectivity index (χ4n) is 6.18. The van der Waals surface area contributed by atoms with E-state index in [1.165, 1.54) is 4.90 Å². The lowest BCUT2D eigenvalue weighted by atomic mass is 9.91. The molecule has 0 spiro atoms. The minimum absolute atomic E-state index is 0.0393. The number of hydrogen-bond acceptors (Lipinski definition) is 8. The van der Waals surface area contributed by atoms with Crippen LogP contribution in [0.4, 0.5) is 4.79 Å². The first kappa shape index (κ1) is 31.7. The van der Waals surface area contributed by atoms with Crippen molar-refractivity contribution < 1.29 is 38.4 Å². The van der Waals surface area contributed by atoms with Crippen molar-refractivity contribution in [3.63, 3.8) is 0 Å². The van der Waals surface area contributed by atoms with Crippen LogP contribution in [-0.2, 0) is 27.2 Å². The maximum atomic E-state index is 13.3. The van der Waals surface area contributed by atoms with E-state index < -0.39 is 23.8 Å². The number of benzene rings is 2. The van der Waals surface area contributed by atoms with Gasteiger partial charge in [-0.2, -0.15) is 0 Å². The number of amides is 3. The molecule has 3 aliphatic rings. The molecule has 0 radical (unpaired) electrons. The van der Waals surface area contributed by atoms with E-state index in [-0.39, 0.29) is 43.8 Å². The number of morpholine rings is 1. The molecule has 2 saturated heterocycles. The first-order valence-electron chi connectivity index (χ1n) is 15.2. The summed E-state index contributed by atoms with van der Waals surface area (Å²) in [4.78, 5) is 43.0. The van der Waals surface area contributed by atoms with Crippen molar-refractivity contribution in [3.8, 4) is 5.75 Å². The van der Waals surface area contributed by atoms with Crippen LogP contribution < -0.4 is 10.1 Å². The van der Waals surface area contributed by atoms with Crippen molar-refractivity contribution in [3.05, 3.63) is 64.7 Å². The third-order valence-electron chi connectivity index (χ3n) is 8.35. The number of aliphatic hydroxyl groups is 1. The Morgan fingerprint density at radius 1 is 1.02 bits per heavy atom. The summed E-state index contributed by atoms with van der Waals surface area (Å²) in [5.74, 6) is 0.190. The van der Waals surface area contributed by atoms with Gasteiger partial charge >= 0.3 is 6.09 Å².